The molecule has 0 saturated carbocycles. The highest BCUT2D eigenvalue weighted by Gasteiger charge is 2.33. The molecule has 7 nitrogen and oxygen atoms in total. The smallest absolute Gasteiger partial charge is 0.244 e. The van der Waals surface area contributed by atoms with Crippen LogP contribution in [-0.4, -0.2) is 51.0 Å². The summed E-state index contributed by atoms with van der Waals surface area (Å²) in [5, 5.41) is 2.68. The fourth-order valence-corrected chi connectivity index (χ4v) is 5.44. The van der Waals surface area contributed by atoms with Crippen LogP contribution >= 0.6 is 15.9 Å². The van der Waals surface area contributed by atoms with Gasteiger partial charge in [0.1, 0.15) is 12.6 Å². The predicted molar refractivity (Wildman–Crippen MR) is 155 cm³/mol. The molecule has 3 aromatic carbocycles. The second-order valence-electron chi connectivity index (χ2n) is 9.45. The molecule has 0 heterocycles. The molecule has 0 unspecified atom stereocenters. The van der Waals surface area contributed by atoms with Gasteiger partial charge >= 0.3 is 0 Å². The summed E-state index contributed by atoms with van der Waals surface area (Å²) in [5.41, 5.74) is 2.98. The molecule has 2 amide bonds. The molecule has 0 spiro atoms. The lowest BCUT2D eigenvalue weighted by Gasteiger charge is -2.34. The molecule has 0 bridgehead atoms. The maximum Gasteiger partial charge on any atom is 0.244 e. The van der Waals surface area contributed by atoms with Crippen LogP contribution in [0.3, 0.4) is 0 Å². The van der Waals surface area contributed by atoms with Gasteiger partial charge < -0.3 is 10.2 Å². The third kappa shape index (κ3) is 7.68. The number of nitrogens with zero attached hydrogens (tertiary/aromatic N) is 2. The summed E-state index contributed by atoms with van der Waals surface area (Å²) in [5.74, 6) is -0.754. The minimum absolute atomic E-state index is 0.0427. The Morgan fingerprint density at radius 2 is 1.50 bits per heavy atom. The Bertz CT molecular complexity index is 1350. The van der Waals surface area contributed by atoms with Crippen LogP contribution in [0.4, 0.5) is 5.69 Å². The van der Waals surface area contributed by atoms with Crippen LogP contribution in [0.5, 0.6) is 0 Å². The van der Waals surface area contributed by atoms with E-state index in [9.17, 15) is 18.0 Å². The van der Waals surface area contributed by atoms with Crippen LogP contribution in [0.2, 0.25) is 0 Å². The molecular formula is C29H34BrN3O4S. The number of halogens is 1. The summed E-state index contributed by atoms with van der Waals surface area (Å²) >= 11 is 3.43. The predicted octanol–water partition coefficient (Wildman–Crippen LogP) is 4.72. The standard InChI is InChI=1S/C29H34BrN3O4S/c1-21(2)25-12-8-9-13-26(25)33(38(4,36)37)20-28(34)32(19-23-14-16-24(30)17-15-23)27(29(35)31-3)18-22-10-6-5-7-11-22/h5-17,21,27H,18-20H2,1-4H3,(H,31,35)/t27-/m0/s1. The Morgan fingerprint density at radius 3 is 2.08 bits per heavy atom. The van der Waals surface area contributed by atoms with E-state index in [1.54, 1.807) is 12.1 Å². The molecule has 1 atom stereocenters. The molecule has 1 N–H and O–H groups in total. The minimum atomic E-state index is -3.81. The minimum Gasteiger partial charge on any atom is -0.357 e. The first-order valence-corrected chi connectivity index (χ1v) is 15.0. The van der Waals surface area contributed by atoms with E-state index in [-0.39, 0.29) is 24.8 Å². The van der Waals surface area contributed by atoms with Crippen LogP contribution in [-0.2, 0) is 32.6 Å². The highest BCUT2D eigenvalue weighted by atomic mass is 79.9. The lowest BCUT2D eigenvalue weighted by atomic mass is 10.0. The van der Waals surface area contributed by atoms with Gasteiger partial charge in [0.25, 0.3) is 0 Å². The lowest BCUT2D eigenvalue weighted by Crippen LogP contribution is -2.53. The average molecular weight is 601 g/mol. The van der Waals surface area contributed by atoms with E-state index < -0.39 is 28.5 Å². The Hall–Kier alpha value is -3.17. The molecule has 0 radical (unpaired) electrons. The van der Waals surface area contributed by atoms with Crippen molar-refractivity contribution in [2.45, 2.75) is 38.8 Å². The normalized spacial score (nSPS) is 12.2. The maximum atomic E-state index is 14.0. The van der Waals surface area contributed by atoms with Crippen molar-refractivity contribution < 1.29 is 18.0 Å². The first-order valence-electron chi connectivity index (χ1n) is 12.4. The first-order chi connectivity index (χ1) is 18.0. The van der Waals surface area contributed by atoms with Crippen LogP contribution in [0.1, 0.15) is 36.5 Å². The topological polar surface area (TPSA) is 86.8 Å². The number of hydrogen-bond acceptors (Lipinski definition) is 4. The molecular weight excluding hydrogens is 566 g/mol. The van der Waals surface area contributed by atoms with Crippen LogP contribution in [0.25, 0.3) is 0 Å². The van der Waals surface area contributed by atoms with Gasteiger partial charge in [-0.05, 0) is 40.8 Å². The molecule has 0 aliphatic rings. The number of sulfonamides is 1. The molecule has 9 heteroatoms. The molecule has 0 fully saturated rings. The fourth-order valence-electron chi connectivity index (χ4n) is 4.30. The van der Waals surface area contributed by atoms with Gasteiger partial charge in [0.15, 0.2) is 0 Å². The molecule has 0 saturated heterocycles. The fraction of sp³-hybridized carbons (Fsp3) is 0.310. The maximum absolute atomic E-state index is 14.0. The van der Waals surface area contributed by atoms with Crippen molar-refractivity contribution in [1.82, 2.24) is 10.2 Å². The summed E-state index contributed by atoms with van der Waals surface area (Å²) < 4.78 is 28.0. The van der Waals surface area contributed by atoms with Crippen LogP contribution in [0.15, 0.2) is 83.3 Å². The second kappa shape index (κ2) is 13.1. The van der Waals surface area contributed by atoms with Crippen molar-refractivity contribution in [2.75, 3.05) is 24.2 Å². The Morgan fingerprint density at radius 1 is 0.895 bits per heavy atom. The van der Waals surface area contributed by atoms with Crippen molar-refractivity contribution in [3.05, 3.63) is 100 Å². The van der Waals surface area contributed by atoms with Gasteiger partial charge in [0.2, 0.25) is 21.8 Å². The Balaban J connectivity index is 2.06. The number of likely N-dealkylation sites (N-methyl/N-ethyl adjacent to an activating group) is 1. The van der Waals surface area contributed by atoms with Crippen molar-refractivity contribution >= 4 is 43.5 Å². The number of carbonyl (C=O) groups excluding carboxylic acids is 2. The largest absolute Gasteiger partial charge is 0.357 e. The zero-order chi connectivity index (χ0) is 27.9. The first kappa shape index (κ1) is 29.4. The van der Waals surface area contributed by atoms with Crippen LogP contribution in [0, 0.1) is 0 Å². The molecule has 3 rings (SSSR count). The van der Waals surface area contributed by atoms with Crippen molar-refractivity contribution in [3.8, 4) is 0 Å². The van der Waals surface area contributed by atoms with Crippen LogP contribution < -0.4 is 9.62 Å². The Labute approximate surface area is 234 Å². The highest BCUT2D eigenvalue weighted by Crippen LogP contribution is 2.29. The van der Waals surface area contributed by atoms with E-state index in [0.717, 1.165) is 31.7 Å². The van der Waals surface area contributed by atoms with Gasteiger partial charge in [-0.25, -0.2) is 8.42 Å². The van der Waals surface area contributed by atoms with Gasteiger partial charge in [-0.3, -0.25) is 13.9 Å². The zero-order valence-corrected chi connectivity index (χ0v) is 24.5. The van der Waals surface area contributed by atoms with E-state index in [0.29, 0.717) is 5.69 Å². The molecule has 0 aliphatic carbocycles. The monoisotopic (exact) mass is 599 g/mol. The number of rotatable bonds is 11. The zero-order valence-electron chi connectivity index (χ0n) is 22.1. The summed E-state index contributed by atoms with van der Waals surface area (Å²) in [6.45, 7) is 3.66. The van der Waals surface area contributed by atoms with E-state index in [1.807, 2.05) is 80.6 Å². The number of hydrogen-bond donors (Lipinski definition) is 1. The molecule has 3 aromatic rings. The number of anilines is 1. The number of amides is 2. The second-order valence-corrected chi connectivity index (χ2v) is 12.3. The van der Waals surface area contributed by atoms with Gasteiger partial charge in [-0.15, -0.1) is 0 Å². The third-order valence-electron chi connectivity index (χ3n) is 6.29. The Kier molecular flexibility index (Phi) is 10.1. The van der Waals surface area contributed by atoms with Crippen molar-refractivity contribution in [2.24, 2.45) is 0 Å². The number of carbonyl (C=O) groups is 2. The highest BCUT2D eigenvalue weighted by molar-refractivity contribution is 9.10. The quantitative estimate of drug-likeness (QED) is 0.345. The summed E-state index contributed by atoms with van der Waals surface area (Å²) in [7, 11) is -2.28. The molecule has 0 aliphatic heterocycles. The van der Waals surface area contributed by atoms with Gasteiger partial charge in [-0.1, -0.05) is 90.4 Å². The van der Waals surface area contributed by atoms with E-state index >= 15 is 0 Å². The number of para-hydroxylation sites is 1. The van der Waals surface area contributed by atoms with E-state index in [4.69, 9.17) is 0 Å². The van der Waals surface area contributed by atoms with E-state index in [2.05, 4.69) is 21.2 Å². The number of benzene rings is 3. The lowest BCUT2D eigenvalue weighted by molar-refractivity contribution is -0.139. The van der Waals surface area contributed by atoms with Gasteiger partial charge in [0.05, 0.1) is 11.9 Å². The molecule has 38 heavy (non-hydrogen) atoms. The summed E-state index contributed by atoms with van der Waals surface area (Å²) in [6.07, 6.45) is 1.38. The molecule has 0 aromatic heterocycles. The van der Waals surface area contributed by atoms with Crippen molar-refractivity contribution in [3.63, 3.8) is 0 Å². The molecule has 202 valence electrons. The summed E-state index contributed by atoms with van der Waals surface area (Å²) in [6, 6.07) is 23.3. The van der Waals surface area contributed by atoms with Gasteiger partial charge in [-0.2, -0.15) is 0 Å². The SMILES string of the molecule is CNC(=O)[C@H](Cc1ccccc1)N(Cc1ccc(Br)cc1)C(=O)CN(c1ccccc1C(C)C)S(C)(=O)=O. The third-order valence-corrected chi connectivity index (χ3v) is 7.95. The summed E-state index contributed by atoms with van der Waals surface area (Å²) in [4.78, 5) is 28.6. The van der Waals surface area contributed by atoms with E-state index in [1.165, 1.54) is 11.9 Å². The average Bonchev–Trinajstić information content (AvgIpc) is 2.89. The van der Waals surface area contributed by atoms with Crippen molar-refractivity contribution in [1.29, 1.82) is 0 Å². The van der Waals surface area contributed by atoms with Gasteiger partial charge in [0, 0.05) is 24.5 Å². The number of nitrogens with one attached hydrogen (secondary N) is 1.